The van der Waals surface area contributed by atoms with Crippen LogP contribution in [-0.2, 0) is 6.54 Å². The van der Waals surface area contributed by atoms with Gasteiger partial charge in [0.15, 0.2) is 0 Å². The standard InChI is InChI=1S/C14H12ClN3O3/c15-12-7-10(3-6-13(12)16)14(19)17-8-9-1-4-11(5-2-9)18(20)21/h1-7H,8,16H2,(H,17,19). The maximum absolute atomic E-state index is 11.9. The number of hydrogen-bond donors (Lipinski definition) is 2. The molecule has 0 saturated carbocycles. The van der Waals surface area contributed by atoms with Crippen molar-refractivity contribution in [3.8, 4) is 0 Å². The smallest absolute Gasteiger partial charge is 0.269 e. The van der Waals surface area contributed by atoms with Crippen molar-refractivity contribution in [2.45, 2.75) is 6.54 Å². The Labute approximate surface area is 125 Å². The first kappa shape index (κ1) is 14.8. The van der Waals surface area contributed by atoms with Crippen molar-refractivity contribution in [1.82, 2.24) is 5.32 Å². The van der Waals surface area contributed by atoms with Crippen LogP contribution in [0.25, 0.3) is 0 Å². The number of nitrogens with two attached hydrogens (primary N) is 1. The van der Waals surface area contributed by atoms with Crippen molar-refractivity contribution in [2.24, 2.45) is 0 Å². The first-order valence-electron chi connectivity index (χ1n) is 6.04. The molecule has 2 rings (SSSR count). The zero-order chi connectivity index (χ0) is 15.4. The molecule has 0 atom stereocenters. The fraction of sp³-hybridized carbons (Fsp3) is 0.0714. The summed E-state index contributed by atoms with van der Waals surface area (Å²) >= 11 is 5.85. The van der Waals surface area contributed by atoms with Gasteiger partial charge in [0, 0.05) is 24.2 Å². The summed E-state index contributed by atoms with van der Waals surface area (Å²) in [4.78, 5) is 22.0. The number of amides is 1. The molecular formula is C14H12ClN3O3. The Balaban J connectivity index is 2.00. The van der Waals surface area contributed by atoms with E-state index in [2.05, 4.69) is 5.32 Å². The van der Waals surface area contributed by atoms with E-state index < -0.39 is 4.92 Å². The molecule has 7 heteroatoms. The average Bonchev–Trinajstić information content (AvgIpc) is 2.48. The Hall–Kier alpha value is -2.60. The van der Waals surface area contributed by atoms with Crippen LogP contribution >= 0.6 is 11.6 Å². The highest BCUT2D eigenvalue weighted by Crippen LogP contribution is 2.19. The highest BCUT2D eigenvalue weighted by Gasteiger charge is 2.08. The normalized spacial score (nSPS) is 10.1. The SMILES string of the molecule is Nc1ccc(C(=O)NCc2ccc([N+](=O)[O-])cc2)cc1Cl. The molecule has 0 spiro atoms. The van der Waals surface area contributed by atoms with E-state index in [1.54, 1.807) is 24.3 Å². The third kappa shape index (κ3) is 3.70. The third-order valence-electron chi connectivity index (χ3n) is 2.86. The van der Waals surface area contributed by atoms with E-state index in [9.17, 15) is 14.9 Å². The number of nitrogens with one attached hydrogen (secondary N) is 1. The quantitative estimate of drug-likeness (QED) is 0.515. The van der Waals surface area contributed by atoms with Crippen LogP contribution in [0.2, 0.25) is 5.02 Å². The summed E-state index contributed by atoms with van der Waals surface area (Å²) in [6.07, 6.45) is 0. The van der Waals surface area contributed by atoms with Crippen molar-refractivity contribution in [1.29, 1.82) is 0 Å². The summed E-state index contributed by atoms with van der Waals surface area (Å²) in [6, 6.07) is 10.6. The van der Waals surface area contributed by atoms with Crippen molar-refractivity contribution in [2.75, 3.05) is 5.73 Å². The van der Waals surface area contributed by atoms with Gasteiger partial charge in [-0.25, -0.2) is 0 Å². The number of carbonyl (C=O) groups excluding carboxylic acids is 1. The first-order valence-corrected chi connectivity index (χ1v) is 6.42. The predicted molar refractivity (Wildman–Crippen MR) is 80.1 cm³/mol. The molecule has 21 heavy (non-hydrogen) atoms. The van der Waals surface area contributed by atoms with Crippen LogP contribution in [0.5, 0.6) is 0 Å². The van der Waals surface area contributed by atoms with Gasteiger partial charge in [0.05, 0.1) is 15.6 Å². The molecule has 0 aliphatic heterocycles. The zero-order valence-electron chi connectivity index (χ0n) is 10.9. The largest absolute Gasteiger partial charge is 0.398 e. The van der Waals surface area contributed by atoms with Crippen LogP contribution in [0, 0.1) is 10.1 Å². The van der Waals surface area contributed by atoms with Crippen molar-refractivity contribution in [3.63, 3.8) is 0 Å². The Morgan fingerprint density at radius 1 is 1.24 bits per heavy atom. The van der Waals surface area contributed by atoms with Crippen molar-refractivity contribution < 1.29 is 9.72 Å². The summed E-state index contributed by atoms with van der Waals surface area (Å²) in [6.45, 7) is 0.263. The molecule has 0 aliphatic rings. The van der Waals surface area contributed by atoms with Gasteiger partial charge in [-0.3, -0.25) is 14.9 Å². The minimum absolute atomic E-state index is 0.00962. The van der Waals surface area contributed by atoms with E-state index in [4.69, 9.17) is 17.3 Å². The van der Waals surface area contributed by atoms with Gasteiger partial charge >= 0.3 is 0 Å². The molecule has 0 unspecified atom stereocenters. The van der Waals surface area contributed by atoms with Gasteiger partial charge in [0.2, 0.25) is 0 Å². The Morgan fingerprint density at radius 2 is 1.90 bits per heavy atom. The van der Waals surface area contributed by atoms with Crippen LogP contribution in [0.4, 0.5) is 11.4 Å². The Kier molecular flexibility index (Phi) is 4.39. The lowest BCUT2D eigenvalue weighted by Crippen LogP contribution is -2.22. The second-order valence-electron chi connectivity index (χ2n) is 4.34. The van der Waals surface area contributed by atoms with E-state index >= 15 is 0 Å². The first-order chi connectivity index (χ1) is 9.97. The highest BCUT2D eigenvalue weighted by molar-refractivity contribution is 6.33. The Bertz CT molecular complexity index is 686. The summed E-state index contributed by atoms with van der Waals surface area (Å²) < 4.78 is 0. The van der Waals surface area contributed by atoms with Gasteiger partial charge < -0.3 is 11.1 Å². The maximum Gasteiger partial charge on any atom is 0.269 e. The van der Waals surface area contributed by atoms with Crippen LogP contribution < -0.4 is 11.1 Å². The van der Waals surface area contributed by atoms with Crippen molar-refractivity contribution >= 4 is 28.9 Å². The molecule has 108 valence electrons. The summed E-state index contributed by atoms with van der Waals surface area (Å²) in [5.74, 6) is -0.296. The summed E-state index contributed by atoms with van der Waals surface area (Å²) in [5.41, 5.74) is 7.15. The zero-order valence-corrected chi connectivity index (χ0v) is 11.6. The number of nitro groups is 1. The van der Waals surface area contributed by atoms with Crippen LogP contribution in [0.3, 0.4) is 0 Å². The number of nitrogens with zero attached hydrogens (tertiary/aromatic N) is 1. The topological polar surface area (TPSA) is 98.3 Å². The number of benzene rings is 2. The van der Waals surface area contributed by atoms with E-state index in [0.717, 1.165) is 5.56 Å². The molecule has 3 N–H and O–H groups in total. The number of nitro benzene ring substituents is 1. The molecule has 2 aromatic rings. The number of carbonyl (C=O) groups is 1. The molecule has 0 fully saturated rings. The molecule has 6 nitrogen and oxygen atoms in total. The lowest BCUT2D eigenvalue weighted by Gasteiger charge is -2.06. The molecule has 0 saturated heterocycles. The molecule has 0 radical (unpaired) electrons. The maximum atomic E-state index is 11.9. The van der Waals surface area contributed by atoms with Gasteiger partial charge in [0.1, 0.15) is 0 Å². The summed E-state index contributed by atoms with van der Waals surface area (Å²) in [5, 5.41) is 13.6. The summed E-state index contributed by atoms with van der Waals surface area (Å²) in [7, 11) is 0. The van der Waals surface area contributed by atoms with E-state index in [1.807, 2.05) is 0 Å². The second kappa shape index (κ2) is 6.23. The highest BCUT2D eigenvalue weighted by atomic mass is 35.5. The molecular weight excluding hydrogens is 294 g/mol. The van der Waals surface area contributed by atoms with Crippen molar-refractivity contribution in [3.05, 3.63) is 68.7 Å². The van der Waals surface area contributed by atoms with E-state index in [1.165, 1.54) is 18.2 Å². The second-order valence-corrected chi connectivity index (χ2v) is 4.75. The monoisotopic (exact) mass is 305 g/mol. The van der Waals surface area contributed by atoms with Crippen LogP contribution in [0.1, 0.15) is 15.9 Å². The lowest BCUT2D eigenvalue weighted by atomic mass is 10.1. The predicted octanol–water partition coefficient (Wildman–Crippen LogP) is 2.76. The van der Waals surface area contributed by atoms with Crippen LogP contribution in [0.15, 0.2) is 42.5 Å². The number of anilines is 1. The number of halogens is 1. The average molecular weight is 306 g/mol. The molecule has 0 aliphatic carbocycles. The minimum atomic E-state index is -0.473. The minimum Gasteiger partial charge on any atom is -0.398 e. The molecule has 2 aromatic carbocycles. The van der Waals surface area contributed by atoms with Gasteiger partial charge in [0.25, 0.3) is 11.6 Å². The van der Waals surface area contributed by atoms with Gasteiger partial charge in [-0.2, -0.15) is 0 Å². The number of rotatable bonds is 4. The van der Waals surface area contributed by atoms with Gasteiger partial charge in [-0.1, -0.05) is 23.7 Å². The number of non-ortho nitro benzene ring substituents is 1. The van der Waals surface area contributed by atoms with Crippen LogP contribution in [-0.4, -0.2) is 10.8 Å². The van der Waals surface area contributed by atoms with E-state index in [0.29, 0.717) is 16.3 Å². The number of nitrogen functional groups attached to an aromatic ring is 1. The van der Waals surface area contributed by atoms with Gasteiger partial charge in [-0.15, -0.1) is 0 Å². The molecule has 0 bridgehead atoms. The molecule has 1 amide bonds. The van der Waals surface area contributed by atoms with Gasteiger partial charge in [-0.05, 0) is 23.8 Å². The number of hydrogen-bond acceptors (Lipinski definition) is 4. The Morgan fingerprint density at radius 3 is 2.48 bits per heavy atom. The fourth-order valence-electron chi connectivity index (χ4n) is 1.69. The lowest BCUT2D eigenvalue weighted by molar-refractivity contribution is -0.384. The molecule has 0 aromatic heterocycles. The van der Waals surface area contributed by atoms with E-state index in [-0.39, 0.29) is 18.1 Å². The molecule has 0 heterocycles. The fourth-order valence-corrected chi connectivity index (χ4v) is 1.87. The third-order valence-corrected chi connectivity index (χ3v) is 3.19.